The Morgan fingerprint density at radius 2 is 2.05 bits per heavy atom. The van der Waals surface area contributed by atoms with Crippen LogP contribution in [0.2, 0.25) is 5.02 Å². The number of anilines is 2. The molecule has 0 aliphatic heterocycles. The lowest BCUT2D eigenvalue weighted by Crippen LogP contribution is -2.31. The Balaban J connectivity index is 2.12. The minimum atomic E-state index is -0.438. The number of amides is 2. The highest BCUT2D eigenvalue weighted by Crippen LogP contribution is 2.45. The summed E-state index contributed by atoms with van der Waals surface area (Å²) in [5.74, 6) is -0.203. The van der Waals surface area contributed by atoms with Crippen molar-refractivity contribution in [2.75, 3.05) is 17.2 Å². The fraction of sp³-hybridized carbons (Fsp3) is 0.429. The number of nitrogens with two attached hydrogens (primary N) is 1. The van der Waals surface area contributed by atoms with Crippen LogP contribution in [0.15, 0.2) is 18.2 Å². The maximum absolute atomic E-state index is 12.1. The molecule has 0 heterocycles. The molecular formula is C14H18ClN3O2. The molecule has 0 bridgehead atoms. The van der Waals surface area contributed by atoms with Gasteiger partial charge in [0.15, 0.2) is 0 Å². The Hall–Kier alpha value is -1.59. The number of carbonyl (C=O) groups excluding carboxylic acids is 2. The summed E-state index contributed by atoms with van der Waals surface area (Å²) in [6.07, 6.45) is 2.00. The fourth-order valence-corrected chi connectivity index (χ4v) is 2.04. The van der Waals surface area contributed by atoms with Crippen molar-refractivity contribution in [1.82, 2.24) is 0 Å². The van der Waals surface area contributed by atoms with Crippen LogP contribution in [0.1, 0.15) is 26.2 Å². The van der Waals surface area contributed by atoms with E-state index in [-0.39, 0.29) is 11.8 Å². The second kappa shape index (κ2) is 5.81. The Kier molecular flexibility index (Phi) is 4.30. The number of nitrogens with one attached hydrogen (secondary N) is 2. The highest BCUT2D eigenvalue weighted by atomic mass is 35.5. The molecule has 0 spiro atoms. The Labute approximate surface area is 122 Å². The van der Waals surface area contributed by atoms with Crippen molar-refractivity contribution in [3.63, 3.8) is 0 Å². The molecule has 0 unspecified atom stereocenters. The van der Waals surface area contributed by atoms with Crippen LogP contribution in [-0.4, -0.2) is 18.4 Å². The van der Waals surface area contributed by atoms with E-state index in [2.05, 4.69) is 10.6 Å². The summed E-state index contributed by atoms with van der Waals surface area (Å²) >= 11 is 6.07. The van der Waals surface area contributed by atoms with Gasteiger partial charge in [-0.15, -0.1) is 0 Å². The number of halogens is 1. The Morgan fingerprint density at radius 3 is 2.60 bits per heavy atom. The number of carbonyl (C=O) groups is 2. The van der Waals surface area contributed by atoms with E-state index in [9.17, 15) is 9.59 Å². The summed E-state index contributed by atoms with van der Waals surface area (Å²) in [5, 5.41) is 5.95. The minimum Gasteiger partial charge on any atom is -0.329 e. The third-order valence-electron chi connectivity index (χ3n) is 3.55. The van der Waals surface area contributed by atoms with Crippen molar-refractivity contribution in [1.29, 1.82) is 0 Å². The summed E-state index contributed by atoms with van der Waals surface area (Å²) < 4.78 is 0. The maximum Gasteiger partial charge on any atom is 0.231 e. The van der Waals surface area contributed by atoms with Gasteiger partial charge in [-0.2, -0.15) is 0 Å². The van der Waals surface area contributed by atoms with E-state index in [1.165, 1.54) is 0 Å². The molecule has 0 saturated heterocycles. The first-order chi connectivity index (χ1) is 9.50. The van der Waals surface area contributed by atoms with Crippen LogP contribution >= 0.6 is 11.6 Å². The van der Waals surface area contributed by atoms with E-state index < -0.39 is 5.41 Å². The summed E-state index contributed by atoms with van der Waals surface area (Å²) in [5.41, 5.74) is 6.28. The molecule has 2 rings (SSSR count). The lowest BCUT2D eigenvalue weighted by molar-refractivity contribution is -0.120. The number of hydrogen-bond acceptors (Lipinski definition) is 3. The summed E-state index contributed by atoms with van der Waals surface area (Å²) in [4.78, 5) is 23.5. The van der Waals surface area contributed by atoms with Gasteiger partial charge in [-0.25, -0.2) is 0 Å². The summed E-state index contributed by atoms with van der Waals surface area (Å²) in [6, 6.07) is 4.99. The molecular weight excluding hydrogens is 278 g/mol. The van der Waals surface area contributed by atoms with Gasteiger partial charge in [0.05, 0.1) is 16.1 Å². The molecule has 1 aliphatic carbocycles. The molecule has 1 fully saturated rings. The van der Waals surface area contributed by atoms with Crippen LogP contribution < -0.4 is 16.4 Å². The van der Waals surface area contributed by atoms with Crippen molar-refractivity contribution in [3.8, 4) is 0 Å². The highest BCUT2D eigenvalue weighted by Gasteiger charge is 2.48. The predicted octanol–water partition coefficient (Wildman–Crippen LogP) is 2.37. The van der Waals surface area contributed by atoms with Gasteiger partial charge in [-0.1, -0.05) is 18.5 Å². The quantitative estimate of drug-likeness (QED) is 0.779. The summed E-state index contributed by atoms with van der Waals surface area (Å²) in [7, 11) is 0. The standard InChI is InChI=1S/C14H18ClN3O2/c1-2-12(19)17-9-3-4-10(15)11(7-9)18-13(20)14(8-16)5-6-14/h3-4,7H,2,5-6,8,16H2,1H3,(H,17,19)(H,18,20). The molecule has 1 aromatic carbocycles. The van der Waals surface area contributed by atoms with E-state index in [0.717, 1.165) is 12.8 Å². The highest BCUT2D eigenvalue weighted by molar-refractivity contribution is 6.34. The monoisotopic (exact) mass is 295 g/mol. The SMILES string of the molecule is CCC(=O)Nc1ccc(Cl)c(NC(=O)C2(CN)CC2)c1. The second-order valence-electron chi connectivity index (χ2n) is 5.03. The van der Waals surface area contributed by atoms with E-state index in [4.69, 9.17) is 17.3 Å². The molecule has 0 aromatic heterocycles. The molecule has 4 N–H and O–H groups in total. The average Bonchev–Trinajstić information content (AvgIpc) is 3.23. The van der Waals surface area contributed by atoms with Gasteiger partial charge in [0, 0.05) is 18.7 Å². The van der Waals surface area contributed by atoms with Crippen LogP contribution in [0, 0.1) is 5.41 Å². The lowest BCUT2D eigenvalue weighted by atomic mass is 10.1. The first kappa shape index (κ1) is 14.8. The predicted molar refractivity (Wildman–Crippen MR) is 79.7 cm³/mol. The third-order valence-corrected chi connectivity index (χ3v) is 3.87. The fourth-order valence-electron chi connectivity index (χ4n) is 1.88. The largest absolute Gasteiger partial charge is 0.329 e. The van der Waals surface area contributed by atoms with Crippen LogP contribution in [0.4, 0.5) is 11.4 Å². The van der Waals surface area contributed by atoms with E-state index in [0.29, 0.717) is 29.4 Å². The van der Waals surface area contributed by atoms with Crippen LogP contribution in [0.3, 0.4) is 0 Å². The van der Waals surface area contributed by atoms with Gasteiger partial charge in [-0.05, 0) is 31.0 Å². The van der Waals surface area contributed by atoms with Crippen molar-refractivity contribution in [2.24, 2.45) is 11.1 Å². The molecule has 5 nitrogen and oxygen atoms in total. The van der Waals surface area contributed by atoms with E-state index in [1.807, 2.05) is 0 Å². The van der Waals surface area contributed by atoms with Gasteiger partial charge in [0.2, 0.25) is 11.8 Å². The van der Waals surface area contributed by atoms with Crippen molar-refractivity contribution in [2.45, 2.75) is 26.2 Å². The Morgan fingerprint density at radius 1 is 1.35 bits per heavy atom. The lowest BCUT2D eigenvalue weighted by Gasteiger charge is -2.15. The normalized spacial score (nSPS) is 15.6. The molecule has 2 amide bonds. The van der Waals surface area contributed by atoms with E-state index >= 15 is 0 Å². The van der Waals surface area contributed by atoms with Crippen molar-refractivity contribution in [3.05, 3.63) is 23.2 Å². The topological polar surface area (TPSA) is 84.2 Å². The second-order valence-corrected chi connectivity index (χ2v) is 5.44. The molecule has 0 atom stereocenters. The first-order valence-corrected chi connectivity index (χ1v) is 6.99. The zero-order chi connectivity index (χ0) is 14.8. The minimum absolute atomic E-state index is 0.0924. The van der Waals surface area contributed by atoms with Crippen LogP contribution in [0.25, 0.3) is 0 Å². The van der Waals surface area contributed by atoms with Crippen molar-refractivity contribution >= 4 is 34.8 Å². The molecule has 1 aliphatic rings. The summed E-state index contributed by atoms with van der Waals surface area (Å²) in [6.45, 7) is 2.11. The van der Waals surface area contributed by atoms with Crippen LogP contribution in [-0.2, 0) is 9.59 Å². The molecule has 0 radical (unpaired) electrons. The first-order valence-electron chi connectivity index (χ1n) is 6.61. The molecule has 108 valence electrons. The zero-order valence-electron chi connectivity index (χ0n) is 11.3. The average molecular weight is 296 g/mol. The van der Waals surface area contributed by atoms with Gasteiger partial charge >= 0.3 is 0 Å². The maximum atomic E-state index is 12.1. The van der Waals surface area contributed by atoms with Gasteiger partial charge in [-0.3, -0.25) is 9.59 Å². The molecule has 1 aromatic rings. The van der Waals surface area contributed by atoms with Gasteiger partial charge in [0.1, 0.15) is 0 Å². The van der Waals surface area contributed by atoms with Gasteiger partial charge in [0.25, 0.3) is 0 Å². The molecule has 1 saturated carbocycles. The number of rotatable bonds is 5. The van der Waals surface area contributed by atoms with E-state index in [1.54, 1.807) is 25.1 Å². The van der Waals surface area contributed by atoms with Gasteiger partial charge < -0.3 is 16.4 Å². The number of benzene rings is 1. The smallest absolute Gasteiger partial charge is 0.231 e. The van der Waals surface area contributed by atoms with Crippen molar-refractivity contribution < 1.29 is 9.59 Å². The molecule has 6 heteroatoms. The molecule has 20 heavy (non-hydrogen) atoms. The zero-order valence-corrected chi connectivity index (χ0v) is 12.1. The third kappa shape index (κ3) is 3.11. The van der Waals surface area contributed by atoms with Crippen LogP contribution in [0.5, 0.6) is 0 Å². The Bertz CT molecular complexity index is 541. The number of hydrogen-bond donors (Lipinski definition) is 3.